The number of piperidine rings is 1. The number of hydrogen-bond acceptors (Lipinski definition) is 4. The number of amides is 1. The van der Waals surface area contributed by atoms with Gasteiger partial charge in [0.1, 0.15) is 5.82 Å². The van der Waals surface area contributed by atoms with Gasteiger partial charge in [-0.15, -0.1) is 0 Å². The number of carbonyl (C=O) groups is 1. The molecule has 0 radical (unpaired) electrons. The van der Waals surface area contributed by atoms with Crippen molar-refractivity contribution in [3.63, 3.8) is 0 Å². The summed E-state index contributed by atoms with van der Waals surface area (Å²) in [6, 6.07) is 12.1. The summed E-state index contributed by atoms with van der Waals surface area (Å²) in [5.74, 6) is -0.143. The first kappa shape index (κ1) is 23.2. The minimum Gasteiger partial charge on any atom is -0.371 e. The van der Waals surface area contributed by atoms with Crippen molar-refractivity contribution in [2.45, 2.75) is 44.0 Å². The Hall–Kier alpha value is -2.45. The van der Waals surface area contributed by atoms with Crippen LogP contribution in [0.5, 0.6) is 0 Å². The number of hydrogen-bond donors (Lipinski definition) is 2. The number of nitrogens with zero attached hydrogens (tertiary/aromatic N) is 1. The average Bonchev–Trinajstić information content (AvgIpc) is 2.77. The molecule has 1 aliphatic rings. The topological polar surface area (TPSA) is 78.5 Å². The zero-order valence-corrected chi connectivity index (χ0v) is 18.8. The lowest BCUT2D eigenvalue weighted by molar-refractivity contribution is 0.0948. The van der Waals surface area contributed by atoms with Crippen molar-refractivity contribution in [2.24, 2.45) is 5.92 Å². The van der Waals surface area contributed by atoms with Gasteiger partial charge < -0.3 is 10.2 Å². The van der Waals surface area contributed by atoms with Gasteiger partial charge in [-0.3, -0.25) is 4.79 Å². The van der Waals surface area contributed by atoms with Gasteiger partial charge in [-0.25, -0.2) is 17.5 Å². The van der Waals surface area contributed by atoms with Gasteiger partial charge in [-0.2, -0.15) is 0 Å². The average molecular weight is 448 g/mol. The van der Waals surface area contributed by atoms with E-state index in [9.17, 15) is 17.6 Å². The maximum Gasteiger partial charge on any atom is 0.253 e. The fourth-order valence-electron chi connectivity index (χ4n) is 3.59. The van der Waals surface area contributed by atoms with E-state index in [0.717, 1.165) is 24.2 Å². The molecule has 1 atom stereocenters. The molecular formula is C23H30FN3O3S. The van der Waals surface area contributed by atoms with E-state index in [1.807, 2.05) is 24.3 Å². The standard InChI is InChI=1S/C23H30FN3O3S/c1-3-17(2)16-25-23(28)21-6-4-5-7-22(21)27-14-12-19(13-15-27)26-31(29,30)20-10-8-18(24)9-11-20/h4-11,17,19,26H,3,12-16H2,1-2H3,(H,25,28)/t17-/m0/s1. The Morgan fingerprint density at radius 2 is 1.77 bits per heavy atom. The Morgan fingerprint density at radius 3 is 2.42 bits per heavy atom. The molecule has 2 aromatic carbocycles. The van der Waals surface area contributed by atoms with Crippen LogP contribution in [0.1, 0.15) is 43.5 Å². The fraction of sp³-hybridized carbons (Fsp3) is 0.435. The van der Waals surface area contributed by atoms with Gasteiger partial charge >= 0.3 is 0 Å². The number of carbonyl (C=O) groups excluding carboxylic acids is 1. The van der Waals surface area contributed by atoms with Crippen molar-refractivity contribution in [1.29, 1.82) is 0 Å². The third-order valence-corrected chi connectivity index (χ3v) is 7.27. The molecule has 8 heteroatoms. The van der Waals surface area contributed by atoms with Gasteiger partial charge in [-0.1, -0.05) is 32.4 Å². The molecule has 1 fully saturated rings. The Balaban J connectivity index is 1.62. The summed E-state index contributed by atoms with van der Waals surface area (Å²) in [6.07, 6.45) is 2.23. The van der Waals surface area contributed by atoms with Crippen LogP contribution in [-0.4, -0.2) is 40.0 Å². The van der Waals surface area contributed by atoms with Crippen LogP contribution in [0.4, 0.5) is 10.1 Å². The van der Waals surface area contributed by atoms with E-state index in [1.165, 1.54) is 12.1 Å². The maximum atomic E-state index is 13.1. The number of nitrogens with one attached hydrogen (secondary N) is 2. The summed E-state index contributed by atoms with van der Waals surface area (Å²) in [6.45, 7) is 6.10. The van der Waals surface area contributed by atoms with Gasteiger partial charge in [0, 0.05) is 31.4 Å². The van der Waals surface area contributed by atoms with Gasteiger partial charge in [0.05, 0.1) is 10.5 Å². The number of para-hydroxylation sites is 1. The molecule has 168 valence electrons. The van der Waals surface area contributed by atoms with E-state index < -0.39 is 15.8 Å². The smallest absolute Gasteiger partial charge is 0.253 e. The molecular weight excluding hydrogens is 417 g/mol. The first-order valence-corrected chi connectivity index (χ1v) is 12.2. The van der Waals surface area contributed by atoms with Crippen molar-refractivity contribution in [3.8, 4) is 0 Å². The van der Waals surface area contributed by atoms with Crippen LogP contribution in [0.3, 0.4) is 0 Å². The lowest BCUT2D eigenvalue weighted by Gasteiger charge is -2.34. The molecule has 1 amide bonds. The fourth-order valence-corrected chi connectivity index (χ4v) is 4.89. The summed E-state index contributed by atoms with van der Waals surface area (Å²) in [5.41, 5.74) is 1.50. The Bertz CT molecular complexity index is 987. The van der Waals surface area contributed by atoms with E-state index >= 15 is 0 Å². The van der Waals surface area contributed by atoms with Crippen LogP contribution in [0, 0.1) is 11.7 Å². The summed E-state index contributed by atoms with van der Waals surface area (Å²) in [5, 5.41) is 3.01. The highest BCUT2D eigenvalue weighted by molar-refractivity contribution is 7.89. The van der Waals surface area contributed by atoms with E-state index in [1.54, 1.807) is 0 Å². The van der Waals surface area contributed by atoms with Gasteiger partial charge in [0.2, 0.25) is 10.0 Å². The van der Waals surface area contributed by atoms with E-state index in [0.29, 0.717) is 44.0 Å². The molecule has 0 aromatic heterocycles. The van der Waals surface area contributed by atoms with Gasteiger partial charge in [0.15, 0.2) is 0 Å². The molecule has 1 saturated heterocycles. The largest absolute Gasteiger partial charge is 0.371 e. The van der Waals surface area contributed by atoms with Crippen LogP contribution in [0.15, 0.2) is 53.4 Å². The quantitative estimate of drug-likeness (QED) is 0.649. The monoisotopic (exact) mass is 447 g/mol. The van der Waals surface area contributed by atoms with E-state index in [2.05, 4.69) is 28.8 Å². The molecule has 0 unspecified atom stereocenters. The lowest BCUT2D eigenvalue weighted by Crippen LogP contribution is -2.45. The molecule has 0 saturated carbocycles. The molecule has 3 rings (SSSR count). The minimum atomic E-state index is -3.70. The zero-order chi connectivity index (χ0) is 22.4. The Kier molecular flexibility index (Phi) is 7.67. The van der Waals surface area contributed by atoms with E-state index in [4.69, 9.17) is 0 Å². The first-order chi connectivity index (χ1) is 14.8. The highest BCUT2D eigenvalue weighted by atomic mass is 32.2. The normalized spacial score (nSPS) is 16.2. The summed E-state index contributed by atoms with van der Waals surface area (Å²) in [4.78, 5) is 14.9. The first-order valence-electron chi connectivity index (χ1n) is 10.7. The molecule has 1 aliphatic heterocycles. The minimum absolute atomic E-state index is 0.0552. The molecule has 2 N–H and O–H groups in total. The maximum absolute atomic E-state index is 13.1. The Morgan fingerprint density at radius 1 is 1.13 bits per heavy atom. The molecule has 31 heavy (non-hydrogen) atoms. The number of halogens is 1. The van der Waals surface area contributed by atoms with Crippen LogP contribution in [0.2, 0.25) is 0 Å². The lowest BCUT2D eigenvalue weighted by atomic mass is 10.0. The molecule has 6 nitrogen and oxygen atoms in total. The van der Waals surface area contributed by atoms with E-state index in [-0.39, 0.29) is 16.8 Å². The second kappa shape index (κ2) is 10.2. The zero-order valence-electron chi connectivity index (χ0n) is 18.0. The molecule has 0 bridgehead atoms. The number of rotatable bonds is 8. The molecule has 0 spiro atoms. The molecule has 1 heterocycles. The third-order valence-electron chi connectivity index (χ3n) is 5.74. The van der Waals surface area contributed by atoms with Crippen LogP contribution in [-0.2, 0) is 10.0 Å². The van der Waals surface area contributed by atoms with Crippen LogP contribution >= 0.6 is 0 Å². The second-order valence-electron chi connectivity index (χ2n) is 8.08. The van der Waals surface area contributed by atoms with Crippen molar-refractivity contribution >= 4 is 21.6 Å². The second-order valence-corrected chi connectivity index (χ2v) is 9.79. The number of anilines is 1. The predicted molar refractivity (Wildman–Crippen MR) is 120 cm³/mol. The van der Waals surface area contributed by atoms with Gasteiger partial charge in [0.25, 0.3) is 5.91 Å². The van der Waals surface area contributed by atoms with Crippen LogP contribution in [0.25, 0.3) is 0 Å². The molecule has 0 aliphatic carbocycles. The van der Waals surface area contributed by atoms with Crippen molar-refractivity contribution in [3.05, 3.63) is 59.9 Å². The SMILES string of the molecule is CC[C@H](C)CNC(=O)c1ccccc1N1CCC(NS(=O)(=O)c2ccc(F)cc2)CC1. The predicted octanol–water partition coefficient (Wildman–Crippen LogP) is 3.55. The molecule has 2 aromatic rings. The summed E-state index contributed by atoms with van der Waals surface area (Å²) in [7, 11) is -3.70. The summed E-state index contributed by atoms with van der Waals surface area (Å²) < 4.78 is 40.9. The van der Waals surface area contributed by atoms with Crippen molar-refractivity contribution in [1.82, 2.24) is 10.0 Å². The highest BCUT2D eigenvalue weighted by Gasteiger charge is 2.26. The van der Waals surface area contributed by atoms with Crippen molar-refractivity contribution < 1.29 is 17.6 Å². The van der Waals surface area contributed by atoms with Crippen LogP contribution < -0.4 is 14.9 Å². The van der Waals surface area contributed by atoms with Gasteiger partial charge in [-0.05, 0) is 55.2 Å². The highest BCUT2D eigenvalue weighted by Crippen LogP contribution is 2.25. The Labute approximate surface area is 183 Å². The number of benzene rings is 2. The summed E-state index contributed by atoms with van der Waals surface area (Å²) >= 11 is 0. The number of sulfonamides is 1. The van der Waals surface area contributed by atoms with Crippen molar-refractivity contribution in [2.75, 3.05) is 24.5 Å². The third kappa shape index (κ3) is 6.04.